The van der Waals surface area contributed by atoms with Gasteiger partial charge >= 0.3 is 0 Å². The van der Waals surface area contributed by atoms with E-state index in [-0.39, 0.29) is 5.41 Å². The molecule has 1 aliphatic rings. The second kappa shape index (κ2) is 6.08. The number of aromatic nitrogens is 2. The van der Waals surface area contributed by atoms with Crippen molar-refractivity contribution in [1.82, 2.24) is 9.97 Å². The number of benzene rings is 1. The van der Waals surface area contributed by atoms with Crippen molar-refractivity contribution in [2.24, 2.45) is 0 Å². The molecule has 27 heavy (non-hydrogen) atoms. The summed E-state index contributed by atoms with van der Waals surface area (Å²) in [6, 6.07) is 10.4. The standard InChI is InChI=1S/C23H25N3O/c1-14-12-17(23(4,5)6)13-15(2)20(14)26-18-9-11-24-16(3)21(18)27-19-8-7-10-25-22(19)26/h7-13H,1-6H3. The molecule has 0 saturated carbocycles. The van der Waals surface area contributed by atoms with Gasteiger partial charge in [-0.3, -0.25) is 9.88 Å². The average Bonchev–Trinajstić information content (AvgIpc) is 2.60. The molecule has 0 saturated heterocycles. The van der Waals surface area contributed by atoms with Gasteiger partial charge in [-0.05, 0) is 61.1 Å². The molecule has 0 atom stereocenters. The van der Waals surface area contributed by atoms with E-state index in [9.17, 15) is 0 Å². The summed E-state index contributed by atoms with van der Waals surface area (Å²) in [5.41, 5.74) is 6.88. The van der Waals surface area contributed by atoms with Crippen LogP contribution in [0.1, 0.15) is 43.2 Å². The number of hydrogen-bond donors (Lipinski definition) is 0. The van der Waals surface area contributed by atoms with Gasteiger partial charge in [-0.2, -0.15) is 0 Å². The van der Waals surface area contributed by atoms with Crippen LogP contribution >= 0.6 is 0 Å². The first-order valence-corrected chi connectivity index (χ1v) is 9.27. The maximum absolute atomic E-state index is 6.15. The van der Waals surface area contributed by atoms with E-state index < -0.39 is 0 Å². The third kappa shape index (κ3) is 2.85. The van der Waals surface area contributed by atoms with E-state index >= 15 is 0 Å². The van der Waals surface area contributed by atoms with Crippen LogP contribution in [0.4, 0.5) is 17.2 Å². The van der Waals surface area contributed by atoms with Gasteiger partial charge in [0.05, 0.1) is 17.1 Å². The molecule has 0 aliphatic carbocycles. The predicted molar refractivity (Wildman–Crippen MR) is 110 cm³/mol. The molecule has 0 N–H and O–H groups in total. The number of ether oxygens (including phenoxy) is 1. The maximum atomic E-state index is 6.15. The van der Waals surface area contributed by atoms with E-state index in [1.54, 1.807) is 0 Å². The summed E-state index contributed by atoms with van der Waals surface area (Å²) in [4.78, 5) is 11.3. The van der Waals surface area contributed by atoms with Gasteiger partial charge < -0.3 is 4.74 Å². The van der Waals surface area contributed by atoms with E-state index in [4.69, 9.17) is 4.74 Å². The molecule has 0 fully saturated rings. The fourth-order valence-electron chi connectivity index (χ4n) is 3.66. The van der Waals surface area contributed by atoms with E-state index in [1.807, 2.05) is 37.5 Å². The summed E-state index contributed by atoms with van der Waals surface area (Å²) in [5.74, 6) is 2.35. The van der Waals surface area contributed by atoms with Gasteiger partial charge in [0, 0.05) is 12.4 Å². The summed E-state index contributed by atoms with van der Waals surface area (Å²) in [6.45, 7) is 13.1. The summed E-state index contributed by atoms with van der Waals surface area (Å²) in [6.07, 6.45) is 3.63. The zero-order valence-electron chi connectivity index (χ0n) is 16.8. The third-order valence-corrected chi connectivity index (χ3v) is 5.06. The summed E-state index contributed by atoms with van der Waals surface area (Å²) >= 11 is 0. The third-order valence-electron chi connectivity index (χ3n) is 5.06. The van der Waals surface area contributed by atoms with Crippen molar-refractivity contribution < 1.29 is 4.74 Å². The van der Waals surface area contributed by atoms with Gasteiger partial charge in [0.25, 0.3) is 0 Å². The quantitative estimate of drug-likeness (QED) is 0.401. The highest BCUT2D eigenvalue weighted by Crippen LogP contribution is 2.51. The van der Waals surface area contributed by atoms with Crippen LogP contribution in [0.15, 0.2) is 42.7 Å². The lowest BCUT2D eigenvalue weighted by Crippen LogP contribution is -2.21. The first-order valence-electron chi connectivity index (χ1n) is 9.27. The minimum absolute atomic E-state index is 0.105. The number of nitrogens with zero attached hydrogens (tertiary/aromatic N) is 3. The topological polar surface area (TPSA) is 38.2 Å². The molecular formula is C23H25N3O. The number of rotatable bonds is 1. The summed E-state index contributed by atoms with van der Waals surface area (Å²) in [7, 11) is 0. The van der Waals surface area contributed by atoms with Gasteiger partial charge in [-0.15, -0.1) is 0 Å². The molecule has 3 aromatic rings. The van der Waals surface area contributed by atoms with Crippen LogP contribution in [-0.2, 0) is 5.41 Å². The molecule has 4 heteroatoms. The van der Waals surface area contributed by atoms with Gasteiger partial charge in [-0.25, -0.2) is 4.98 Å². The Bertz CT molecular complexity index is 1010. The van der Waals surface area contributed by atoms with Gasteiger partial charge in [0.2, 0.25) is 0 Å². The number of fused-ring (bicyclic) bond motifs is 2. The monoisotopic (exact) mass is 359 g/mol. The average molecular weight is 359 g/mol. The van der Waals surface area contributed by atoms with Gasteiger partial charge in [0.1, 0.15) is 0 Å². The second-order valence-corrected chi connectivity index (χ2v) is 8.22. The maximum Gasteiger partial charge on any atom is 0.181 e. The fourth-order valence-corrected chi connectivity index (χ4v) is 3.66. The molecule has 4 nitrogen and oxygen atoms in total. The Morgan fingerprint density at radius 3 is 2.30 bits per heavy atom. The van der Waals surface area contributed by atoms with Crippen molar-refractivity contribution in [2.75, 3.05) is 4.90 Å². The number of anilines is 3. The predicted octanol–water partition coefficient (Wildman–Crippen LogP) is 6.27. The van der Waals surface area contributed by atoms with Crippen LogP contribution in [0.2, 0.25) is 0 Å². The Labute approximate surface area is 160 Å². The van der Waals surface area contributed by atoms with Crippen LogP contribution in [0.3, 0.4) is 0 Å². The van der Waals surface area contributed by atoms with Gasteiger partial charge in [0.15, 0.2) is 17.3 Å². The zero-order chi connectivity index (χ0) is 19.3. The molecular weight excluding hydrogens is 334 g/mol. The van der Waals surface area contributed by atoms with Crippen LogP contribution < -0.4 is 9.64 Å². The highest BCUT2D eigenvalue weighted by Gasteiger charge is 2.30. The van der Waals surface area contributed by atoms with Crippen molar-refractivity contribution in [3.8, 4) is 11.5 Å². The molecule has 4 rings (SSSR count). The molecule has 2 aromatic heterocycles. The molecule has 0 amide bonds. The van der Waals surface area contributed by atoms with E-state index in [1.165, 1.54) is 16.7 Å². The highest BCUT2D eigenvalue weighted by molar-refractivity contribution is 5.87. The van der Waals surface area contributed by atoms with Crippen molar-refractivity contribution in [2.45, 2.75) is 47.0 Å². The highest BCUT2D eigenvalue weighted by atomic mass is 16.5. The number of aryl methyl sites for hydroxylation is 3. The minimum Gasteiger partial charge on any atom is -0.449 e. The van der Waals surface area contributed by atoms with E-state index in [0.717, 1.165) is 34.4 Å². The molecule has 1 aliphatic heterocycles. The van der Waals surface area contributed by atoms with Crippen molar-refractivity contribution in [1.29, 1.82) is 0 Å². The summed E-state index contributed by atoms with van der Waals surface area (Å²) < 4.78 is 6.15. The molecule has 0 bridgehead atoms. The van der Waals surface area contributed by atoms with E-state index in [2.05, 4.69) is 61.6 Å². The smallest absolute Gasteiger partial charge is 0.181 e. The first-order chi connectivity index (χ1) is 12.8. The van der Waals surface area contributed by atoms with E-state index in [0.29, 0.717) is 0 Å². The first kappa shape index (κ1) is 17.5. The lowest BCUT2D eigenvalue weighted by molar-refractivity contribution is 0.467. The Morgan fingerprint density at radius 1 is 0.926 bits per heavy atom. The Kier molecular flexibility index (Phi) is 3.95. The zero-order valence-corrected chi connectivity index (χ0v) is 16.8. The lowest BCUT2D eigenvalue weighted by Gasteiger charge is -2.34. The molecule has 0 radical (unpaired) electrons. The molecule has 0 spiro atoms. The minimum atomic E-state index is 0.105. The molecule has 138 valence electrons. The fraction of sp³-hybridized carbons (Fsp3) is 0.304. The Hall–Kier alpha value is -2.88. The molecule has 3 heterocycles. The van der Waals surface area contributed by atoms with Gasteiger partial charge in [-0.1, -0.05) is 32.9 Å². The second-order valence-electron chi connectivity index (χ2n) is 8.22. The molecule has 0 unspecified atom stereocenters. The SMILES string of the molecule is Cc1cc(C(C)(C)C)cc(C)c1N1c2ccnc(C)c2Oc2cccnc21. The number of pyridine rings is 2. The summed E-state index contributed by atoms with van der Waals surface area (Å²) in [5, 5.41) is 0. The lowest BCUT2D eigenvalue weighted by atomic mass is 9.84. The van der Waals surface area contributed by atoms with Crippen LogP contribution in [0.5, 0.6) is 11.5 Å². The van der Waals surface area contributed by atoms with Crippen molar-refractivity contribution in [3.63, 3.8) is 0 Å². The van der Waals surface area contributed by atoms with Crippen molar-refractivity contribution >= 4 is 17.2 Å². The Morgan fingerprint density at radius 2 is 1.63 bits per heavy atom. The molecule has 1 aromatic carbocycles. The van der Waals surface area contributed by atoms with Crippen molar-refractivity contribution in [3.05, 3.63) is 65.1 Å². The number of hydrogen-bond acceptors (Lipinski definition) is 4. The van der Waals surface area contributed by atoms with Crippen LogP contribution in [-0.4, -0.2) is 9.97 Å². The van der Waals surface area contributed by atoms with Crippen LogP contribution in [0, 0.1) is 20.8 Å². The van der Waals surface area contributed by atoms with Crippen LogP contribution in [0.25, 0.3) is 0 Å². The largest absolute Gasteiger partial charge is 0.449 e. The Balaban J connectivity index is 1.99. The normalized spacial score (nSPS) is 13.0.